The molecule has 11 nitrogen and oxygen atoms in total. The zero-order valence-electron chi connectivity index (χ0n) is 14.9. The van der Waals surface area contributed by atoms with Gasteiger partial charge < -0.3 is 28.4 Å². The Bertz CT molecular complexity index is 598. The van der Waals surface area contributed by atoms with Gasteiger partial charge in [-0.15, -0.1) is 0 Å². The van der Waals surface area contributed by atoms with Gasteiger partial charge in [0, 0.05) is 27.7 Å². The smallest absolute Gasteiger partial charge is 0.383 e. The Morgan fingerprint density at radius 2 is 1.38 bits per heavy atom. The van der Waals surface area contributed by atoms with Gasteiger partial charge in [-0.3, -0.25) is 19.2 Å². The van der Waals surface area contributed by atoms with E-state index in [0.717, 1.165) is 34.8 Å². The molecular formula is C15H20O11. The van der Waals surface area contributed by atoms with E-state index in [4.69, 9.17) is 23.7 Å². The minimum atomic E-state index is -2.54. The molecular weight excluding hydrogens is 356 g/mol. The van der Waals surface area contributed by atoms with E-state index in [1.54, 1.807) is 0 Å². The topological polar surface area (TPSA) is 141 Å². The summed E-state index contributed by atoms with van der Waals surface area (Å²) >= 11 is 0. The van der Waals surface area contributed by atoms with Crippen molar-refractivity contribution in [1.82, 2.24) is 0 Å². The lowest BCUT2D eigenvalue weighted by Crippen LogP contribution is -2.68. The number of esters is 5. The van der Waals surface area contributed by atoms with Crippen LogP contribution in [0.15, 0.2) is 0 Å². The second-order valence-corrected chi connectivity index (χ2v) is 5.32. The maximum Gasteiger partial charge on any atom is 0.383 e. The van der Waals surface area contributed by atoms with E-state index in [2.05, 4.69) is 4.74 Å². The molecule has 146 valence electrons. The van der Waals surface area contributed by atoms with Crippen LogP contribution in [0.5, 0.6) is 0 Å². The second kappa shape index (κ2) is 8.61. The molecule has 1 fully saturated rings. The van der Waals surface area contributed by atoms with Crippen LogP contribution in [-0.4, -0.2) is 67.7 Å². The van der Waals surface area contributed by atoms with Gasteiger partial charge in [0.25, 0.3) is 0 Å². The molecule has 26 heavy (non-hydrogen) atoms. The van der Waals surface area contributed by atoms with Crippen molar-refractivity contribution in [2.75, 3.05) is 13.7 Å². The van der Waals surface area contributed by atoms with E-state index in [9.17, 15) is 24.0 Å². The van der Waals surface area contributed by atoms with Crippen LogP contribution >= 0.6 is 0 Å². The first-order chi connectivity index (χ1) is 12.0. The van der Waals surface area contributed by atoms with Gasteiger partial charge in [0.2, 0.25) is 6.10 Å². The quantitative estimate of drug-likeness (QED) is 0.442. The SMILES string of the molecule is COC(=O)[C@@]1(OC(C)=O)OC[C@@H](OC(C)=O)[C@@H](OC(C)=O)[C@@H]1OC(C)=O. The Hall–Kier alpha value is -2.69. The number of hydrogen-bond acceptors (Lipinski definition) is 11. The van der Waals surface area contributed by atoms with Crippen LogP contribution in [0.2, 0.25) is 0 Å². The Morgan fingerprint density at radius 1 is 0.846 bits per heavy atom. The molecule has 1 heterocycles. The molecule has 0 bridgehead atoms. The summed E-state index contributed by atoms with van der Waals surface area (Å²) in [4.78, 5) is 58.1. The van der Waals surface area contributed by atoms with Crippen LogP contribution in [0.1, 0.15) is 27.7 Å². The second-order valence-electron chi connectivity index (χ2n) is 5.32. The maximum atomic E-state index is 12.3. The van der Waals surface area contributed by atoms with Crippen molar-refractivity contribution in [2.45, 2.75) is 51.8 Å². The number of methoxy groups -OCH3 is 1. The molecule has 1 rings (SSSR count). The zero-order chi connectivity index (χ0) is 20.1. The molecule has 0 amide bonds. The van der Waals surface area contributed by atoms with Crippen molar-refractivity contribution < 1.29 is 52.4 Å². The van der Waals surface area contributed by atoms with Crippen LogP contribution < -0.4 is 0 Å². The van der Waals surface area contributed by atoms with Gasteiger partial charge in [0.05, 0.1) is 13.7 Å². The third-order valence-corrected chi connectivity index (χ3v) is 3.18. The van der Waals surface area contributed by atoms with E-state index in [1.165, 1.54) is 0 Å². The Labute approximate surface area is 148 Å². The summed E-state index contributed by atoms with van der Waals surface area (Å²) in [5.74, 6) is -7.18. The van der Waals surface area contributed by atoms with Crippen LogP contribution in [0, 0.1) is 0 Å². The van der Waals surface area contributed by atoms with Crippen molar-refractivity contribution in [1.29, 1.82) is 0 Å². The summed E-state index contributed by atoms with van der Waals surface area (Å²) in [5.41, 5.74) is 0. The fourth-order valence-electron chi connectivity index (χ4n) is 2.42. The van der Waals surface area contributed by atoms with E-state index in [0.29, 0.717) is 0 Å². The number of rotatable bonds is 5. The highest BCUT2D eigenvalue weighted by Crippen LogP contribution is 2.34. The van der Waals surface area contributed by atoms with Crippen LogP contribution in [-0.2, 0) is 52.4 Å². The van der Waals surface area contributed by atoms with Crippen LogP contribution in [0.4, 0.5) is 0 Å². The molecule has 1 aliphatic heterocycles. The van der Waals surface area contributed by atoms with Gasteiger partial charge in [-0.2, -0.15) is 0 Å². The van der Waals surface area contributed by atoms with Crippen molar-refractivity contribution >= 4 is 29.8 Å². The van der Waals surface area contributed by atoms with Gasteiger partial charge in [-0.1, -0.05) is 0 Å². The predicted octanol–water partition coefficient (Wildman–Crippen LogP) is -0.756. The first-order valence-corrected chi connectivity index (χ1v) is 7.47. The molecule has 0 aromatic rings. The first kappa shape index (κ1) is 21.4. The molecule has 0 saturated carbocycles. The normalized spacial score (nSPS) is 27.7. The largest absolute Gasteiger partial charge is 0.464 e. The van der Waals surface area contributed by atoms with E-state index in [1.807, 2.05) is 0 Å². The van der Waals surface area contributed by atoms with Crippen molar-refractivity contribution in [3.63, 3.8) is 0 Å². The molecule has 1 saturated heterocycles. The van der Waals surface area contributed by atoms with Crippen LogP contribution in [0.25, 0.3) is 0 Å². The third kappa shape index (κ3) is 4.91. The molecule has 4 atom stereocenters. The third-order valence-electron chi connectivity index (χ3n) is 3.18. The van der Waals surface area contributed by atoms with Crippen molar-refractivity contribution in [3.05, 3.63) is 0 Å². The van der Waals surface area contributed by atoms with E-state index < -0.39 is 60.6 Å². The molecule has 0 unspecified atom stereocenters. The standard InChI is InChI=1S/C15H20O11/c1-7(16)23-11-6-22-15(14(20)21-5,26-10(4)19)13(25-9(3)18)12(11)24-8(2)17/h11-13H,6H2,1-5H3/t11-,12-,13+,15-/m1/s1. The fraction of sp³-hybridized carbons (Fsp3) is 0.667. The summed E-state index contributed by atoms with van der Waals surface area (Å²) in [5, 5.41) is 0. The van der Waals surface area contributed by atoms with Gasteiger partial charge in [0.1, 0.15) is 0 Å². The van der Waals surface area contributed by atoms with E-state index >= 15 is 0 Å². The van der Waals surface area contributed by atoms with Crippen LogP contribution in [0.3, 0.4) is 0 Å². The molecule has 0 aromatic heterocycles. The highest BCUT2D eigenvalue weighted by atomic mass is 16.8. The molecule has 0 radical (unpaired) electrons. The first-order valence-electron chi connectivity index (χ1n) is 7.47. The molecule has 0 N–H and O–H groups in total. The predicted molar refractivity (Wildman–Crippen MR) is 79.1 cm³/mol. The number of hydrogen-bond donors (Lipinski definition) is 0. The van der Waals surface area contributed by atoms with E-state index in [-0.39, 0.29) is 0 Å². The summed E-state index contributed by atoms with van der Waals surface area (Å²) in [6.07, 6.45) is -4.50. The molecule has 0 aromatic carbocycles. The van der Waals surface area contributed by atoms with Gasteiger partial charge >= 0.3 is 35.6 Å². The Kier molecular flexibility index (Phi) is 7.07. The molecule has 0 spiro atoms. The average Bonchev–Trinajstić information content (AvgIpc) is 2.50. The molecule has 1 aliphatic rings. The van der Waals surface area contributed by atoms with Crippen molar-refractivity contribution in [2.24, 2.45) is 0 Å². The number of ether oxygens (including phenoxy) is 6. The molecule has 0 aliphatic carbocycles. The number of carbonyl (C=O) groups excluding carboxylic acids is 5. The summed E-state index contributed by atoms with van der Waals surface area (Å²) in [7, 11) is 0.987. The lowest BCUT2D eigenvalue weighted by atomic mass is 9.95. The Morgan fingerprint density at radius 3 is 1.81 bits per heavy atom. The van der Waals surface area contributed by atoms with Gasteiger partial charge in [-0.05, 0) is 0 Å². The average molecular weight is 376 g/mol. The Balaban J connectivity index is 3.46. The summed E-state index contributed by atoms with van der Waals surface area (Å²) in [6.45, 7) is 3.64. The number of carbonyl (C=O) groups is 5. The van der Waals surface area contributed by atoms with Gasteiger partial charge in [0.15, 0.2) is 12.2 Å². The maximum absolute atomic E-state index is 12.3. The fourth-order valence-corrected chi connectivity index (χ4v) is 2.42. The summed E-state index contributed by atoms with van der Waals surface area (Å²) in [6, 6.07) is 0. The minimum Gasteiger partial charge on any atom is -0.464 e. The zero-order valence-corrected chi connectivity index (χ0v) is 14.9. The highest BCUT2D eigenvalue weighted by Gasteiger charge is 2.64. The minimum absolute atomic E-state index is 0.502. The lowest BCUT2D eigenvalue weighted by molar-refractivity contribution is -0.321. The lowest BCUT2D eigenvalue weighted by Gasteiger charge is -2.44. The van der Waals surface area contributed by atoms with Crippen molar-refractivity contribution in [3.8, 4) is 0 Å². The molecule has 11 heteroatoms. The highest BCUT2D eigenvalue weighted by molar-refractivity contribution is 5.83. The summed E-state index contributed by atoms with van der Waals surface area (Å²) < 4.78 is 30.0. The monoisotopic (exact) mass is 376 g/mol. The van der Waals surface area contributed by atoms with Gasteiger partial charge in [-0.25, -0.2) is 4.79 Å².